The molecule has 1 aromatic carbocycles. The maximum absolute atomic E-state index is 13.4. The number of hydroxylamine groups is 1. The van der Waals surface area contributed by atoms with Crippen molar-refractivity contribution in [2.24, 2.45) is 16.6 Å². The number of benzene rings is 1. The van der Waals surface area contributed by atoms with E-state index in [1.807, 2.05) is 5.48 Å². The van der Waals surface area contributed by atoms with Crippen LogP contribution in [0.15, 0.2) is 46.0 Å². The maximum Gasteiger partial charge on any atom is 0.321 e. The van der Waals surface area contributed by atoms with Crippen LogP contribution in [0.2, 0.25) is 0 Å². The van der Waals surface area contributed by atoms with Crippen LogP contribution >= 0.6 is 15.9 Å². The first-order chi connectivity index (χ1) is 16.8. The van der Waals surface area contributed by atoms with Crippen LogP contribution in [0.1, 0.15) is 25.7 Å². The molecule has 0 spiro atoms. The summed E-state index contributed by atoms with van der Waals surface area (Å²) in [4.78, 5) is 35.3. The Labute approximate surface area is 209 Å². The number of rotatable bonds is 7. The van der Waals surface area contributed by atoms with Gasteiger partial charge in [-0.25, -0.2) is 24.6 Å². The number of ketones is 1. The third-order valence-electron chi connectivity index (χ3n) is 6.02. The third-order valence-corrected chi connectivity index (χ3v) is 6.63. The summed E-state index contributed by atoms with van der Waals surface area (Å²) in [6.45, 7) is 1.13. The molecule has 2 fully saturated rings. The van der Waals surface area contributed by atoms with E-state index in [0.29, 0.717) is 49.8 Å². The van der Waals surface area contributed by atoms with E-state index < -0.39 is 11.7 Å². The molecule has 0 unspecified atom stereocenters. The number of hydrogen-bond acceptors (Lipinski definition) is 7. The average molecular weight is 549 g/mol. The van der Waals surface area contributed by atoms with Gasteiger partial charge in [0.2, 0.25) is 11.7 Å². The first-order valence-electron chi connectivity index (χ1n) is 11.2. The quantitative estimate of drug-likeness (QED) is 0.236. The minimum absolute atomic E-state index is 0.197. The van der Waals surface area contributed by atoms with Crippen LogP contribution < -0.4 is 21.3 Å². The van der Waals surface area contributed by atoms with Gasteiger partial charge in [-0.3, -0.25) is 10.0 Å². The predicted molar refractivity (Wildman–Crippen MR) is 130 cm³/mol. The number of carbonyl (C=O) groups is 2. The van der Waals surface area contributed by atoms with Gasteiger partial charge in [0, 0.05) is 25.1 Å². The zero-order valence-electron chi connectivity index (χ0n) is 18.8. The second kappa shape index (κ2) is 10.7. The molecule has 1 aliphatic carbocycles. The van der Waals surface area contributed by atoms with Crippen molar-refractivity contribution in [3.63, 3.8) is 0 Å². The summed E-state index contributed by atoms with van der Waals surface area (Å²) in [6, 6.07) is 7.09. The van der Waals surface area contributed by atoms with Crippen LogP contribution in [0.3, 0.4) is 0 Å². The van der Waals surface area contributed by atoms with Crippen LogP contribution in [-0.4, -0.2) is 58.0 Å². The number of amidine groups is 1. The van der Waals surface area contributed by atoms with E-state index in [4.69, 9.17) is 10.5 Å². The van der Waals surface area contributed by atoms with Crippen molar-refractivity contribution in [3.8, 4) is 5.88 Å². The molecule has 186 valence electrons. The molecule has 0 atom stereocenters. The monoisotopic (exact) mass is 548 g/mol. The summed E-state index contributed by atoms with van der Waals surface area (Å²) in [6.07, 6.45) is 4.22. The Hall–Kier alpha value is -3.09. The molecule has 35 heavy (non-hydrogen) atoms. The lowest BCUT2D eigenvalue weighted by Crippen LogP contribution is -2.44. The Morgan fingerprint density at radius 2 is 2.03 bits per heavy atom. The standard InChI is InChI=1S/C23H26BrFN6O4/c24-17-11-15(1-3-18(17)25)28-21(30-34)20(32)14-5-9-31(10-6-14)22(33)29-16-2-4-19(27-12-16)35-13-23(26)7-8-23/h1-4,11-12,14,34H,5-10,13,26H2,(H,28,30)(H,29,33). The molecule has 2 aliphatic rings. The molecular formula is C23H26BrFN6O4. The van der Waals surface area contributed by atoms with E-state index >= 15 is 0 Å². The molecule has 12 heteroatoms. The summed E-state index contributed by atoms with van der Waals surface area (Å²) in [7, 11) is 0. The fourth-order valence-corrected chi connectivity index (χ4v) is 3.99. The fraction of sp³-hybridized carbons (Fsp3) is 0.391. The van der Waals surface area contributed by atoms with Crippen LogP contribution in [0, 0.1) is 11.7 Å². The second-order valence-corrected chi connectivity index (χ2v) is 9.62. The Kier molecular flexibility index (Phi) is 7.63. The first-order valence-corrected chi connectivity index (χ1v) is 12.0. The van der Waals surface area contributed by atoms with Gasteiger partial charge in [-0.2, -0.15) is 0 Å². The van der Waals surface area contributed by atoms with Crippen LogP contribution in [0.4, 0.5) is 20.6 Å². The Balaban J connectivity index is 1.27. The number of halogens is 2. The molecule has 2 aromatic rings. The summed E-state index contributed by atoms with van der Waals surface area (Å²) < 4.78 is 19.2. The predicted octanol–water partition coefficient (Wildman–Crippen LogP) is 3.38. The zero-order chi connectivity index (χ0) is 25.0. The van der Waals surface area contributed by atoms with Crippen molar-refractivity contribution in [1.29, 1.82) is 0 Å². The molecule has 5 N–H and O–H groups in total. The number of nitrogens with two attached hydrogens (primary N) is 1. The maximum atomic E-state index is 13.4. The van der Waals surface area contributed by atoms with E-state index in [1.165, 1.54) is 24.4 Å². The van der Waals surface area contributed by atoms with E-state index in [9.17, 15) is 19.2 Å². The molecule has 10 nitrogen and oxygen atoms in total. The molecule has 1 saturated heterocycles. The highest BCUT2D eigenvalue weighted by molar-refractivity contribution is 9.10. The molecule has 1 aromatic heterocycles. The van der Waals surface area contributed by atoms with E-state index in [-0.39, 0.29) is 27.7 Å². The van der Waals surface area contributed by atoms with Gasteiger partial charge in [0.25, 0.3) is 0 Å². The minimum Gasteiger partial charge on any atom is -0.476 e. The Morgan fingerprint density at radius 3 is 2.63 bits per heavy atom. The summed E-state index contributed by atoms with van der Waals surface area (Å²) >= 11 is 3.06. The Bertz CT molecular complexity index is 1120. The first kappa shape index (κ1) is 25.0. The molecule has 1 saturated carbocycles. The molecular weight excluding hydrogens is 523 g/mol. The van der Waals surface area contributed by atoms with Gasteiger partial charge in [0.05, 0.1) is 27.6 Å². The zero-order valence-corrected chi connectivity index (χ0v) is 20.4. The van der Waals surface area contributed by atoms with Gasteiger partial charge in [0.1, 0.15) is 12.4 Å². The smallest absolute Gasteiger partial charge is 0.321 e. The second-order valence-electron chi connectivity index (χ2n) is 8.76. The number of likely N-dealkylation sites (tertiary alicyclic amines) is 1. The molecule has 4 rings (SSSR count). The van der Waals surface area contributed by atoms with Crippen LogP contribution in [-0.2, 0) is 4.79 Å². The number of aliphatic imine (C=N–C) groups is 1. The molecule has 0 radical (unpaired) electrons. The number of hydrogen-bond donors (Lipinski definition) is 4. The number of amides is 2. The SMILES string of the molecule is NC1(COc2ccc(NC(=O)N3CCC(C(=O)C(=Nc4ccc(F)c(Br)c4)NO)CC3)cn2)CC1. The van der Waals surface area contributed by atoms with Crippen LogP contribution in [0.25, 0.3) is 0 Å². The van der Waals surface area contributed by atoms with Gasteiger partial charge < -0.3 is 20.7 Å². The van der Waals surface area contributed by atoms with E-state index in [1.54, 1.807) is 17.0 Å². The lowest BCUT2D eigenvalue weighted by molar-refractivity contribution is -0.118. The third kappa shape index (κ3) is 6.53. The number of nitrogens with one attached hydrogen (secondary N) is 2. The normalized spacial score (nSPS) is 17.6. The molecule has 1 aliphatic heterocycles. The van der Waals surface area contributed by atoms with Crippen LogP contribution in [0.5, 0.6) is 5.88 Å². The van der Waals surface area contributed by atoms with Gasteiger partial charge in [-0.1, -0.05) is 0 Å². The topological polar surface area (TPSA) is 142 Å². The van der Waals surface area contributed by atoms with Crippen molar-refractivity contribution in [2.75, 3.05) is 25.0 Å². The lowest BCUT2D eigenvalue weighted by Gasteiger charge is -2.31. The molecule has 0 bridgehead atoms. The summed E-state index contributed by atoms with van der Waals surface area (Å²) in [5.74, 6) is -1.04. The Morgan fingerprint density at radius 1 is 1.29 bits per heavy atom. The number of anilines is 1. The molecule has 2 heterocycles. The molecule has 2 amide bonds. The van der Waals surface area contributed by atoms with Crippen molar-refractivity contribution in [3.05, 3.63) is 46.8 Å². The number of urea groups is 1. The number of aromatic nitrogens is 1. The number of Topliss-reactive ketones (excluding diaryl/α,β-unsaturated/α-hetero) is 1. The number of piperidine rings is 1. The van der Waals surface area contributed by atoms with Crippen molar-refractivity contribution >= 4 is 45.0 Å². The van der Waals surface area contributed by atoms with Gasteiger partial charge >= 0.3 is 6.03 Å². The lowest BCUT2D eigenvalue weighted by atomic mass is 9.92. The highest BCUT2D eigenvalue weighted by Crippen LogP contribution is 2.32. The summed E-state index contributed by atoms with van der Waals surface area (Å²) in [5, 5.41) is 12.2. The average Bonchev–Trinajstić information content (AvgIpc) is 3.61. The number of carbonyl (C=O) groups excluding carboxylic acids is 2. The number of nitrogens with zero attached hydrogens (tertiary/aromatic N) is 3. The van der Waals surface area contributed by atoms with Gasteiger partial charge in [-0.15, -0.1) is 0 Å². The van der Waals surface area contributed by atoms with E-state index in [0.717, 1.165) is 12.8 Å². The number of pyridine rings is 1. The summed E-state index contributed by atoms with van der Waals surface area (Å²) in [5.41, 5.74) is 8.44. The van der Waals surface area contributed by atoms with Gasteiger partial charge in [0.15, 0.2) is 5.84 Å². The highest BCUT2D eigenvalue weighted by atomic mass is 79.9. The number of ether oxygens (including phenoxy) is 1. The van der Waals surface area contributed by atoms with Crippen molar-refractivity contribution in [1.82, 2.24) is 15.4 Å². The fourth-order valence-electron chi connectivity index (χ4n) is 3.62. The minimum atomic E-state index is -0.461. The van der Waals surface area contributed by atoms with Crippen molar-refractivity contribution < 1.29 is 23.9 Å². The van der Waals surface area contributed by atoms with Gasteiger partial charge in [-0.05, 0) is 65.9 Å². The van der Waals surface area contributed by atoms with E-state index in [2.05, 4.69) is 31.2 Å². The van der Waals surface area contributed by atoms with Crippen molar-refractivity contribution in [2.45, 2.75) is 31.2 Å². The largest absolute Gasteiger partial charge is 0.476 e. The highest BCUT2D eigenvalue weighted by Gasteiger charge is 2.39.